The summed E-state index contributed by atoms with van der Waals surface area (Å²) in [7, 11) is 0. The zero-order chi connectivity index (χ0) is 13.9. The molecule has 0 aliphatic carbocycles. The van der Waals surface area contributed by atoms with Crippen LogP contribution in [0.1, 0.15) is 40.0 Å². The van der Waals surface area contributed by atoms with Gasteiger partial charge >= 0.3 is 0 Å². The lowest BCUT2D eigenvalue weighted by Gasteiger charge is -2.37. The lowest BCUT2D eigenvalue weighted by molar-refractivity contribution is 0.108. The highest BCUT2D eigenvalue weighted by Gasteiger charge is 2.32. The Bertz CT molecular complexity index is 285. The molecule has 2 atom stereocenters. The summed E-state index contributed by atoms with van der Waals surface area (Å²) in [6.07, 6.45) is 3.98. The molecular formula is C15H31N3O. The van der Waals surface area contributed by atoms with Gasteiger partial charge in [-0.05, 0) is 45.8 Å². The molecule has 0 spiro atoms. The van der Waals surface area contributed by atoms with Gasteiger partial charge in [-0.25, -0.2) is 0 Å². The molecular weight excluding hydrogens is 238 g/mol. The third-order valence-electron chi connectivity index (χ3n) is 4.45. The minimum atomic E-state index is -0.179. The Balaban J connectivity index is 1.92. The Morgan fingerprint density at radius 2 is 2.00 bits per heavy atom. The molecule has 0 saturated carbocycles. The van der Waals surface area contributed by atoms with Crippen LogP contribution in [-0.2, 0) is 0 Å². The van der Waals surface area contributed by atoms with Gasteiger partial charge in [-0.2, -0.15) is 0 Å². The molecule has 0 aromatic heterocycles. The van der Waals surface area contributed by atoms with Crippen molar-refractivity contribution in [1.82, 2.24) is 15.1 Å². The predicted octanol–water partition coefficient (Wildman–Crippen LogP) is 0.906. The summed E-state index contributed by atoms with van der Waals surface area (Å²) in [5.74, 6) is 0. The predicted molar refractivity (Wildman–Crippen MR) is 79.4 cm³/mol. The average molecular weight is 269 g/mol. The average Bonchev–Trinajstić information content (AvgIpc) is 2.68. The van der Waals surface area contributed by atoms with E-state index in [1.165, 1.54) is 45.4 Å². The van der Waals surface area contributed by atoms with Crippen LogP contribution in [0.5, 0.6) is 0 Å². The number of hydrogen-bond donors (Lipinski definition) is 2. The Kier molecular flexibility index (Phi) is 5.23. The maximum absolute atomic E-state index is 9.72. The second kappa shape index (κ2) is 6.53. The van der Waals surface area contributed by atoms with Crippen LogP contribution in [0, 0.1) is 0 Å². The molecule has 19 heavy (non-hydrogen) atoms. The van der Waals surface area contributed by atoms with Crippen LogP contribution in [0.25, 0.3) is 0 Å². The zero-order valence-corrected chi connectivity index (χ0v) is 12.9. The monoisotopic (exact) mass is 269 g/mol. The van der Waals surface area contributed by atoms with Crippen molar-refractivity contribution in [2.75, 3.05) is 39.3 Å². The minimum Gasteiger partial charge on any atom is -0.394 e. The Labute approximate surface area is 118 Å². The fourth-order valence-electron chi connectivity index (χ4n) is 3.76. The molecule has 2 N–H and O–H groups in total. The molecule has 112 valence electrons. The Hall–Kier alpha value is -0.160. The van der Waals surface area contributed by atoms with Gasteiger partial charge in [0, 0.05) is 25.2 Å². The van der Waals surface area contributed by atoms with Crippen molar-refractivity contribution in [3.8, 4) is 0 Å². The van der Waals surface area contributed by atoms with Crippen molar-refractivity contribution in [1.29, 1.82) is 0 Å². The van der Waals surface area contributed by atoms with Crippen molar-refractivity contribution >= 4 is 0 Å². The highest BCUT2D eigenvalue weighted by Crippen LogP contribution is 2.22. The van der Waals surface area contributed by atoms with E-state index < -0.39 is 0 Å². The molecule has 2 aliphatic rings. The topological polar surface area (TPSA) is 38.7 Å². The third kappa shape index (κ3) is 4.15. The molecule has 0 bridgehead atoms. The van der Waals surface area contributed by atoms with E-state index in [-0.39, 0.29) is 12.1 Å². The van der Waals surface area contributed by atoms with Crippen LogP contribution >= 0.6 is 0 Å². The summed E-state index contributed by atoms with van der Waals surface area (Å²) in [6.45, 7) is 12.5. The Morgan fingerprint density at radius 1 is 1.26 bits per heavy atom. The van der Waals surface area contributed by atoms with Crippen LogP contribution in [0.2, 0.25) is 0 Å². The van der Waals surface area contributed by atoms with Crippen molar-refractivity contribution in [2.24, 2.45) is 0 Å². The van der Waals surface area contributed by atoms with E-state index in [2.05, 4.69) is 35.9 Å². The summed E-state index contributed by atoms with van der Waals surface area (Å²) in [4.78, 5) is 5.22. The molecule has 0 aromatic carbocycles. The number of fused-ring (bicyclic) bond motifs is 1. The summed E-state index contributed by atoms with van der Waals surface area (Å²) < 4.78 is 0. The van der Waals surface area contributed by atoms with E-state index in [4.69, 9.17) is 0 Å². The number of aliphatic hydroxyl groups is 1. The molecule has 0 aromatic rings. The van der Waals surface area contributed by atoms with Gasteiger partial charge in [-0.15, -0.1) is 0 Å². The quantitative estimate of drug-likeness (QED) is 0.778. The molecule has 2 aliphatic heterocycles. The van der Waals surface area contributed by atoms with E-state index in [1.54, 1.807) is 0 Å². The summed E-state index contributed by atoms with van der Waals surface area (Å²) >= 11 is 0. The van der Waals surface area contributed by atoms with Gasteiger partial charge in [0.15, 0.2) is 0 Å². The lowest BCUT2D eigenvalue weighted by Crippen LogP contribution is -2.57. The molecule has 2 rings (SSSR count). The maximum Gasteiger partial charge on any atom is 0.0623 e. The summed E-state index contributed by atoms with van der Waals surface area (Å²) in [6, 6.07) is 1.16. The molecule has 4 nitrogen and oxygen atoms in total. The number of hydrogen-bond acceptors (Lipinski definition) is 4. The van der Waals surface area contributed by atoms with Crippen LogP contribution in [0.4, 0.5) is 0 Å². The molecule has 2 fully saturated rings. The SMILES string of the molecule is CC(C)NC(C)(CO)CN1CCCN2CCCC2C1. The summed E-state index contributed by atoms with van der Waals surface area (Å²) in [5.41, 5.74) is -0.179. The summed E-state index contributed by atoms with van der Waals surface area (Å²) in [5, 5.41) is 13.3. The van der Waals surface area contributed by atoms with Gasteiger partial charge in [-0.1, -0.05) is 13.8 Å². The second-order valence-electron chi connectivity index (χ2n) is 6.94. The van der Waals surface area contributed by atoms with E-state index in [0.717, 1.165) is 12.6 Å². The van der Waals surface area contributed by atoms with Crippen molar-refractivity contribution in [2.45, 2.75) is 57.7 Å². The first kappa shape index (κ1) is 15.2. The van der Waals surface area contributed by atoms with Gasteiger partial charge < -0.3 is 10.4 Å². The first-order valence-corrected chi connectivity index (χ1v) is 7.87. The van der Waals surface area contributed by atoms with Gasteiger partial charge in [0.05, 0.1) is 12.1 Å². The van der Waals surface area contributed by atoms with Gasteiger partial charge in [0.2, 0.25) is 0 Å². The number of nitrogens with zero attached hydrogens (tertiary/aromatic N) is 2. The molecule has 2 unspecified atom stereocenters. The minimum absolute atomic E-state index is 0.179. The van der Waals surface area contributed by atoms with E-state index in [0.29, 0.717) is 6.04 Å². The maximum atomic E-state index is 9.72. The van der Waals surface area contributed by atoms with E-state index in [1.807, 2.05) is 0 Å². The fourth-order valence-corrected chi connectivity index (χ4v) is 3.76. The Morgan fingerprint density at radius 3 is 2.68 bits per heavy atom. The van der Waals surface area contributed by atoms with Crippen LogP contribution in [0.15, 0.2) is 0 Å². The highest BCUT2D eigenvalue weighted by molar-refractivity contribution is 4.91. The standard InChI is InChI=1S/C15H31N3O/c1-13(2)16-15(3,12-19)11-17-7-5-9-18-8-4-6-14(18)10-17/h13-14,16,19H,4-12H2,1-3H3. The van der Waals surface area contributed by atoms with E-state index in [9.17, 15) is 5.11 Å². The third-order valence-corrected chi connectivity index (χ3v) is 4.45. The number of rotatable bonds is 5. The normalized spacial score (nSPS) is 29.2. The largest absolute Gasteiger partial charge is 0.394 e. The van der Waals surface area contributed by atoms with Crippen LogP contribution < -0.4 is 5.32 Å². The zero-order valence-electron chi connectivity index (χ0n) is 12.9. The second-order valence-corrected chi connectivity index (χ2v) is 6.94. The molecule has 0 radical (unpaired) electrons. The fraction of sp³-hybridized carbons (Fsp3) is 1.00. The van der Waals surface area contributed by atoms with Crippen molar-refractivity contribution in [3.05, 3.63) is 0 Å². The molecule has 0 amide bonds. The number of aliphatic hydroxyl groups excluding tert-OH is 1. The lowest BCUT2D eigenvalue weighted by atomic mass is 10.0. The molecule has 4 heteroatoms. The van der Waals surface area contributed by atoms with Crippen molar-refractivity contribution < 1.29 is 5.11 Å². The van der Waals surface area contributed by atoms with Gasteiger partial charge in [0.25, 0.3) is 0 Å². The van der Waals surface area contributed by atoms with Crippen LogP contribution in [-0.4, -0.2) is 71.9 Å². The van der Waals surface area contributed by atoms with E-state index >= 15 is 0 Å². The number of nitrogens with one attached hydrogen (secondary N) is 1. The first-order chi connectivity index (χ1) is 9.02. The van der Waals surface area contributed by atoms with Gasteiger partial charge in [0.1, 0.15) is 0 Å². The van der Waals surface area contributed by atoms with Gasteiger partial charge in [-0.3, -0.25) is 9.80 Å². The smallest absolute Gasteiger partial charge is 0.0623 e. The van der Waals surface area contributed by atoms with Crippen LogP contribution in [0.3, 0.4) is 0 Å². The molecule has 2 heterocycles. The first-order valence-electron chi connectivity index (χ1n) is 7.87. The molecule has 2 saturated heterocycles. The van der Waals surface area contributed by atoms with Crippen molar-refractivity contribution in [3.63, 3.8) is 0 Å². The highest BCUT2D eigenvalue weighted by atomic mass is 16.3.